The van der Waals surface area contributed by atoms with Gasteiger partial charge in [0, 0.05) is 18.2 Å². The molecule has 112 valence electrons. The molecule has 1 aromatic rings. The van der Waals surface area contributed by atoms with Crippen LogP contribution in [0.2, 0.25) is 10.0 Å². The fourth-order valence-electron chi connectivity index (χ4n) is 2.44. The minimum absolute atomic E-state index is 0.265. The lowest BCUT2D eigenvalue weighted by atomic mass is 10.0. The van der Waals surface area contributed by atoms with E-state index in [0.29, 0.717) is 34.4 Å². The van der Waals surface area contributed by atoms with Gasteiger partial charge in [-0.25, -0.2) is 0 Å². The molecule has 0 radical (unpaired) electrons. The predicted molar refractivity (Wildman–Crippen MR) is 80.8 cm³/mol. The maximum absolute atomic E-state index is 10.3. The molecule has 2 unspecified atom stereocenters. The van der Waals surface area contributed by atoms with Crippen molar-refractivity contribution in [3.05, 3.63) is 27.7 Å². The second-order valence-corrected chi connectivity index (χ2v) is 5.78. The van der Waals surface area contributed by atoms with Gasteiger partial charge < -0.3 is 14.6 Å². The van der Waals surface area contributed by atoms with Crippen LogP contribution in [0.5, 0.6) is 5.75 Å². The summed E-state index contributed by atoms with van der Waals surface area (Å²) in [5.74, 6) is 0.550. The molecule has 0 amide bonds. The minimum Gasteiger partial charge on any atom is -0.492 e. The third-order valence-corrected chi connectivity index (χ3v) is 4.12. The van der Waals surface area contributed by atoms with E-state index in [0.717, 1.165) is 25.9 Å². The molecule has 0 aromatic heterocycles. The number of aliphatic hydroxyl groups is 1. The molecule has 1 aromatic carbocycles. The van der Waals surface area contributed by atoms with Gasteiger partial charge in [-0.1, -0.05) is 23.2 Å². The van der Waals surface area contributed by atoms with Gasteiger partial charge in [-0.3, -0.25) is 0 Å². The highest BCUT2D eigenvalue weighted by Gasteiger charge is 2.20. The maximum Gasteiger partial charge on any atom is 0.139 e. The Morgan fingerprint density at radius 2 is 2.20 bits per heavy atom. The molecule has 0 aliphatic carbocycles. The van der Waals surface area contributed by atoms with Crippen LogP contribution >= 0.6 is 23.2 Å². The van der Waals surface area contributed by atoms with Gasteiger partial charge in [-0.2, -0.15) is 0 Å². The molecule has 0 bridgehead atoms. The number of hydrogen-bond donors (Lipinski definition) is 1. The molecule has 5 heteroatoms. The Hall–Kier alpha value is -0.480. The summed E-state index contributed by atoms with van der Waals surface area (Å²) in [6.45, 7) is 3.24. The third-order valence-electron chi connectivity index (χ3n) is 3.50. The van der Waals surface area contributed by atoms with Crippen molar-refractivity contribution in [1.82, 2.24) is 0 Å². The Labute approximate surface area is 129 Å². The highest BCUT2D eigenvalue weighted by molar-refractivity contribution is 6.34. The summed E-state index contributed by atoms with van der Waals surface area (Å²) in [7, 11) is 0. The average molecular weight is 319 g/mol. The van der Waals surface area contributed by atoms with E-state index >= 15 is 0 Å². The van der Waals surface area contributed by atoms with E-state index in [4.69, 9.17) is 32.7 Å². The lowest BCUT2D eigenvalue weighted by Gasteiger charge is -2.17. The summed E-state index contributed by atoms with van der Waals surface area (Å²) in [6, 6.07) is 3.35. The van der Waals surface area contributed by atoms with Gasteiger partial charge in [0.15, 0.2) is 0 Å². The van der Waals surface area contributed by atoms with Crippen molar-refractivity contribution in [2.75, 3.05) is 13.2 Å². The molecule has 1 heterocycles. The number of hydrogen-bond acceptors (Lipinski definition) is 3. The fraction of sp³-hybridized carbons (Fsp3) is 0.600. The second kappa shape index (κ2) is 7.51. The molecule has 0 spiro atoms. The number of benzene rings is 1. The summed E-state index contributed by atoms with van der Waals surface area (Å²) < 4.78 is 10.9. The minimum atomic E-state index is -0.625. The van der Waals surface area contributed by atoms with E-state index < -0.39 is 6.10 Å². The molecule has 1 saturated heterocycles. The Balaban J connectivity index is 2.01. The quantitative estimate of drug-likeness (QED) is 0.845. The van der Waals surface area contributed by atoms with E-state index in [9.17, 15) is 5.11 Å². The molecule has 20 heavy (non-hydrogen) atoms. The van der Waals surface area contributed by atoms with Crippen LogP contribution in [0.3, 0.4) is 0 Å². The smallest absolute Gasteiger partial charge is 0.139 e. The highest BCUT2D eigenvalue weighted by Crippen LogP contribution is 2.36. The van der Waals surface area contributed by atoms with Crippen LogP contribution in [0.15, 0.2) is 12.1 Å². The average Bonchev–Trinajstić information content (AvgIpc) is 2.93. The SMILES string of the molecule is CCOc1cc(Cl)c(C(O)CCC2CCCO2)cc1Cl. The van der Waals surface area contributed by atoms with Crippen LogP contribution in [0, 0.1) is 0 Å². The van der Waals surface area contributed by atoms with E-state index in [-0.39, 0.29) is 6.10 Å². The van der Waals surface area contributed by atoms with Crippen LogP contribution in [-0.4, -0.2) is 24.4 Å². The number of rotatable bonds is 6. The summed E-state index contributed by atoms with van der Waals surface area (Å²) in [4.78, 5) is 0. The van der Waals surface area contributed by atoms with Gasteiger partial charge in [0.25, 0.3) is 0 Å². The summed E-state index contributed by atoms with van der Waals surface area (Å²) in [5, 5.41) is 11.2. The first-order chi connectivity index (χ1) is 9.61. The molecule has 3 nitrogen and oxygen atoms in total. The van der Waals surface area contributed by atoms with Gasteiger partial charge in [-0.05, 0) is 38.7 Å². The largest absolute Gasteiger partial charge is 0.492 e. The monoisotopic (exact) mass is 318 g/mol. The van der Waals surface area contributed by atoms with Crippen molar-refractivity contribution in [3.8, 4) is 5.75 Å². The van der Waals surface area contributed by atoms with Crippen LogP contribution < -0.4 is 4.74 Å². The van der Waals surface area contributed by atoms with Gasteiger partial charge >= 0.3 is 0 Å². The second-order valence-electron chi connectivity index (χ2n) is 4.97. The molecule has 2 atom stereocenters. The van der Waals surface area contributed by atoms with E-state index in [2.05, 4.69) is 0 Å². The van der Waals surface area contributed by atoms with Crippen molar-refractivity contribution < 1.29 is 14.6 Å². The Kier molecular flexibility index (Phi) is 5.97. The molecular weight excluding hydrogens is 299 g/mol. The van der Waals surface area contributed by atoms with Gasteiger partial charge in [0.05, 0.1) is 28.9 Å². The maximum atomic E-state index is 10.3. The first-order valence-corrected chi connectivity index (χ1v) is 7.78. The Morgan fingerprint density at radius 1 is 1.40 bits per heavy atom. The zero-order valence-electron chi connectivity index (χ0n) is 11.6. The number of ether oxygens (including phenoxy) is 2. The van der Waals surface area contributed by atoms with Crippen LogP contribution in [0.1, 0.15) is 44.3 Å². The van der Waals surface area contributed by atoms with Crippen molar-refractivity contribution in [2.24, 2.45) is 0 Å². The molecule has 1 aliphatic rings. The topological polar surface area (TPSA) is 38.7 Å². The third kappa shape index (κ3) is 4.01. The Bertz CT molecular complexity index is 445. The van der Waals surface area contributed by atoms with Gasteiger partial charge in [0.1, 0.15) is 5.75 Å². The first kappa shape index (κ1) is 15.9. The van der Waals surface area contributed by atoms with Crippen molar-refractivity contribution in [2.45, 2.75) is 44.8 Å². The van der Waals surface area contributed by atoms with Crippen molar-refractivity contribution in [3.63, 3.8) is 0 Å². The van der Waals surface area contributed by atoms with Crippen LogP contribution in [-0.2, 0) is 4.74 Å². The summed E-state index contributed by atoms with van der Waals surface area (Å²) in [6.07, 6.45) is 3.28. The van der Waals surface area contributed by atoms with Gasteiger partial charge in [-0.15, -0.1) is 0 Å². The fourth-order valence-corrected chi connectivity index (χ4v) is 2.94. The predicted octanol–water partition coefficient (Wildman–Crippen LogP) is 4.38. The number of halogens is 2. The lowest BCUT2D eigenvalue weighted by Crippen LogP contribution is -2.08. The van der Waals surface area contributed by atoms with Crippen LogP contribution in [0.4, 0.5) is 0 Å². The molecule has 1 N–H and O–H groups in total. The van der Waals surface area contributed by atoms with Gasteiger partial charge in [0.2, 0.25) is 0 Å². The molecular formula is C15H20Cl2O3. The molecule has 1 fully saturated rings. The van der Waals surface area contributed by atoms with Crippen LogP contribution in [0.25, 0.3) is 0 Å². The lowest BCUT2D eigenvalue weighted by molar-refractivity contribution is 0.0812. The molecule has 0 saturated carbocycles. The summed E-state index contributed by atoms with van der Waals surface area (Å²) >= 11 is 12.3. The highest BCUT2D eigenvalue weighted by atomic mass is 35.5. The first-order valence-electron chi connectivity index (χ1n) is 7.03. The molecule has 1 aliphatic heterocycles. The standard InChI is InChI=1S/C15H20Cl2O3/c1-2-19-15-9-12(16)11(8-13(15)17)14(18)6-5-10-4-3-7-20-10/h8-10,14,18H,2-7H2,1H3. The summed E-state index contributed by atoms with van der Waals surface area (Å²) in [5.41, 5.74) is 0.651. The van der Waals surface area contributed by atoms with Crippen molar-refractivity contribution >= 4 is 23.2 Å². The van der Waals surface area contributed by atoms with E-state index in [1.807, 2.05) is 6.92 Å². The van der Waals surface area contributed by atoms with E-state index in [1.165, 1.54) is 0 Å². The zero-order chi connectivity index (χ0) is 14.5. The molecule has 2 rings (SSSR count). The number of aliphatic hydroxyl groups excluding tert-OH is 1. The normalized spacial score (nSPS) is 20.1. The zero-order valence-corrected chi connectivity index (χ0v) is 13.1. The van der Waals surface area contributed by atoms with Crippen molar-refractivity contribution in [1.29, 1.82) is 0 Å². The van der Waals surface area contributed by atoms with E-state index in [1.54, 1.807) is 12.1 Å². The Morgan fingerprint density at radius 3 is 2.85 bits per heavy atom.